The van der Waals surface area contributed by atoms with Gasteiger partial charge in [0.05, 0.1) is 5.69 Å². The standard InChI is InChI=1S/C11H14FN3O3S/c12-7-3-1-4-8(13)10(7)19(17,18)15-6-2-5-9(15)11(14)16/h1,3-4,9H,2,5-6,13H2,(H2,14,16). The normalized spacial score (nSPS) is 20.6. The number of anilines is 1. The maximum absolute atomic E-state index is 13.7. The lowest BCUT2D eigenvalue weighted by Crippen LogP contribution is -2.44. The molecule has 19 heavy (non-hydrogen) atoms. The first kappa shape index (κ1) is 13.8. The predicted molar refractivity (Wildman–Crippen MR) is 66.9 cm³/mol. The lowest BCUT2D eigenvalue weighted by atomic mass is 10.2. The maximum Gasteiger partial charge on any atom is 0.248 e. The highest BCUT2D eigenvalue weighted by Gasteiger charge is 2.40. The van der Waals surface area contributed by atoms with Crippen molar-refractivity contribution in [3.8, 4) is 0 Å². The molecule has 1 unspecified atom stereocenters. The van der Waals surface area contributed by atoms with Crippen molar-refractivity contribution in [3.63, 3.8) is 0 Å². The summed E-state index contributed by atoms with van der Waals surface area (Å²) in [4.78, 5) is 10.7. The summed E-state index contributed by atoms with van der Waals surface area (Å²) in [6.07, 6.45) is 0.837. The molecule has 1 aliphatic rings. The molecule has 0 radical (unpaired) electrons. The summed E-state index contributed by atoms with van der Waals surface area (Å²) < 4.78 is 39.4. The number of nitrogens with two attached hydrogens (primary N) is 2. The van der Waals surface area contributed by atoms with Gasteiger partial charge in [0.25, 0.3) is 0 Å². The van der Waals surface area contributed by atoms with Crippen LogP contribution in [0.2, 0.25) is 0 Å². The molecule has 1 amide bonds. The minimum absolute atomic E-state index is 0.129. The molecule has 0 aromatic heterocycles. The van der Waals surface area contributed by atoms with Crippen LogP contribution in [0.25, 0.3) is 0 Å². The van der Waals surface area contributed by atoms with Crippen molar-refractivity contribution in [1.82, 2.24) is 4.31 Å². The Bertz CT molecular complexity index is 597. The van der Waals surface area contributed by atoms with Gasteiger partial charge in [-0.25, -0.2) is 12.8 Å². The molecular weight excluding hydrogens is 273 g/mol. The second-order valence-corrected chi connectivity index (χ2v) is 6.16. The number of carbonyl (C=O) groups is 1. The Morgan fingerprint density at radius 2 is 2.11 bits per heavy atom. The topological polar surface area (TPSA) is 106 Å². The van der Waals surface area contributed by atoms with Crippen molar-refractivity contribution < 1.29 is 17.6 Å². The van der Waals surface area contributed by atoms with Crippen LogP contribution in [0, 0.1) is 5.82 Å². The van der Waals surface area contributed by atoms with Gasteiger partial charge >= 0.3 is 0 Å². The van der Waals surface area contributed by atoms with Gasteiger partial charge < -0.3 is 11.5 Å². The number of amides is 1. The lowest BCUT2D eigenvalue weighted by Gasteiger charge is -2.22. The number of hydrogen-bond acceptors (Lipinski definition) is 4. The van der Waals surface area contributed by atoms with E-state index in [9.17, 15) is 17.6 Å². The summed E-state index contributed by atoms with van der Waals surface area (Å²) in [6, 6.07) is 2.69. The van der Waals surface area contributed by atoms with Gasteiger partial charge in [0.15, 0.2) is 0 Å². The van der Waals surface area contributed by atoms with Crippen LogP contribution in [0.15, 0.2) is 23.1 Å². The number of rotatable bonds is 3. The zero-order valence-corrected chi connectivity index (χ0v) is 10.9. The third-order valence-corrected chi connectivity index (χ3v) is 5.10. The zero-order chi connectivity index (χ0) is 14.2. The van der Waals surface area contributed by atoms with Crippen LogP contribution in [-0.4, -0.2) is 31.2 Å². The third-order valence-electron chi connectivity index (χ3n) is 3.10. The van der Waals surface area contributed by atoms with E-state index in [-0.39, 0.29) is 12.2 Å². The number of halogens is 1. The van der Waals surface area contributed by atoms with Crippen LogP contribution in [0.3, 0.4) is 0 Å². The summed E-state index contributed by atoms with van der Waals surface area (Å²) in [7, 11) is -4.16. The minimum atomic E-state index is -4.16. The molecular formula is C11H14FN3O3S. The molecule has 0 spiro atoms. The Morgan fingerprint density at radius 1 is 1.42 bits per heavy atom. The molecule has 1 atom stereocenters. The maximum atomic E-state index is 13.7. The summed E-state index contributed by atoms with van der Waals surface area (Å²) >= 11 is 0. The van der Waals surface area contributed by atoms with Gasteiger partial charge in [-0.15, -0.1) is 0 Å². The van der Waals surface area contributed by atoms with Crippen LogP contribution >= 0.6 is 0 Å². The average molecular weight is 287 g/mol. The smallest absolute Gasteiger partial charge is 0.248 e. The van der Waals surface area contributed by atoms with Crippen LogP contribution in [0.1, 0.15) is 12.8 Å². The zero-order valence-electron chi connectivity index (χ0n) is 10.0. The van der Waals surface area contributed by atoms with E-state index in [1.165, 1.54) is 12.1 Å². The van der Waals surface area contributed by atoms with Crippen LogP contribution in [0.5, 0.6) is 0 Å². The van der Waals surface area contributed by atoms with Gasteiger partial charge in [-0.05, 0) is 25.0 Å². The molecule has 1 aromatic carbocycles. The molecule has 4 N–H and O–H groups in total. The molecule has 104 valence electrons. The molecule has 1 aliphatic heterocycles. The van der Waals surface area contributed by atoms with Crippen molar-refractivity contribution in [2.75, 3.05) is 12.3 Å². The van der Waals surface area contributed by atoms with Crippen molar-refractivity contribution in [1.29, 1.82) is 0 Å². The first-order chi connectivity index (χ1) is 8.85. The Kier molecular flexibility index (Phi) is 3.46. The molecule has 6 nitrogen and oxygen atoms in total. The number of primary amides is 1. The van der Waals surface area contributed by atoms with Gasteiger partial charge in [0.1, 0.15) is 16.8 Å². The molecule has 1 heterocycles. The average Bonchev–Trinajstić information content (AvgIpc) is 2.77. The molecule has 2 rings (SSSR count). The highest BCUT2D eigenvalue weighted by atomic mass is 32.2. The number of nitrogens with zero attached hydrogens (tertiary/aromatic N) is 1. The number of carbonyl (C=O) groups excluding carboxylic acids is 1. The van der Waals surface area contributed by atoms with E-state index in [0.717, 1.165) is 10.4 Å². The molecule has 0 bridgehead atoms. The molecule has 8 heteroatoms. The third kappa shape index (κ3) is 2.28. The minimum Gasteiger partial charge on any atom is -0.398 e. The fourth-order valence-electron chi connectivity index (χ4n) is 2.23. The molecule has 0 saturated carbocycles. The summed E-state index contributed by atoms with van der Waals surface area (Å²) in [5.74, 6) is -1.67. The van der Waals surface area contributed by atoms with Crippen LogP contribution < -0.4 is 11.5 Å². The monoisotopic (exact) mass is 287 g/mol. The summed E-state index contributed by atoms with van der Waals surface area (Å²) in [5, 5.41) is 0. The highest BCUT2D eigenvalue weighted by Crippen LogP contribution is 2.30. The number of nitrogen functional groups attached to an aromatic ring is 1. The van der Waals surface area contributed by atoms with Gasteiger partial charge in [-0.2, -0.15) is 4.31 Å². The second-order valence-electron chi connectivity index (χ2n) is 4.33. The fourth-order valence-corrected chi connectivity index (χ4v) is 4.06. The molecule has 1 fully saturated rings. The number of benzene rings is 1. The van der Waals surface area contributed by atoms with Crippen LogP contribution in [-0.2, 0) is 14.8 Å². The number of hydrogen-bond donors (Lipinski definition) is 2. The van der Waals surface area contributed by atoms with Gasteiger partial charge in [-0.1, -0.05) is 6.07 Å². The van der Waals surface area contributed by atoms with E-state index < -0.39 is 32.7 Å². The first-order valence-corrected chi connectivity index (χ1v) is 7.15. The van der Waals surface area contributed by atoms with Gasteiger partial charge in [0.2, 0.25) is 15.9 Å². The fraction of sp³-hybridized carbons (Fsp3) is 0.364. The Hall–Kier alpha value is -1.67. The van der Waals surface area contributed by atoms with E-state index in [1.807, 2.05) is 0 Å². The second kappa shape index (κ2) is 4.78. The van der Waals surface area contributed by atoms with Crippen molar-refractivity contribution in [2.24, 2.45) is 5.73 Å². The first-order valence-electron chi connectivity index (χ1n) is 5.71. The Morgan fingerprint density at radius 3 is 2.68 bits per heavy atom. The van der Waals surface area contributed by atoms with Crippen molar-refractivity contribution in [3.05, 3.63) is 24.0 Å². The van der Waals surface area contributed by atoms with E-state index in [0.29, 0.717) is 12.8 Å². The Labute approximate surface area is 110 Å². The van der Waals surface area contributed by atoms with Crippen LogP contribution in [0.4, 0.5) is 10.1 Å². The largest absolute Gasteiger partial charge is 0.398 e. The molecule has 1 saturated heterocycles. The molecule has 0 aliphatic carbocycles. The summed E-state index contributed by atoms with van der Waals surface area (Å²) in [6.45, 7) is 0.129. The number of sulfonamides is 1. The van der Waals surface area contributed by atoms with E-state index >= 15 is 0 Å². The highest BCUT2D eigenvalue weighted by molar-refractivity contribution is 7.89. The van der Waals surface area contributed by atoms with E-state index in [4.69, 9.17) is 11.5 Å². The van der Waals surface area contributed by atoms with Crippen molar-refractivity contribution >= 4 is 21.6 Å². The lowest BCUT2D eigenvalue weighted by molar-refractivity contribution is -0.121. The Balaban J connectivity index is 2.51. The summed E-state index contributed by atoms with van der Waals surface area (Å²) in [5.41, 5.74) is 10.5. The van der Waals surface area contributed by atoms with E-state index in [2.05, 4.69) is 0 Å². The quantitative estimate of drug-likeness (QED) is 0.766. The van der Waals surface area contributed by atoms with Gasteiger partial charge in [0, 0.05) is 6.54 Å². The predicted octanol–water partition coefficient (Wildman–Crippen LogP) is 0.0463. The van der Waals surface area contributed by atoms with Gasteiger partial charge in [-0.3, -0.25) is 4.79 Å². The molecule has 1 aromatic rings. The van der Waals surface area contributed by atoms with E-state index in [1.54, 1.807) is 0 Å². The van der Waals surface area contributed by atoms with Crippen molar-refractivity contribution in [2.45, 2.75) is 23.8 Å². The SMILES string of the molecule is NC(=O)C1CCCN1S(=O)(=O)c1c(N)cccc1F.